The van der Waals surface area contributed by atoms with Gasteiger partial charge in [-0.3, -0.25) is 0 Å². The number of aromatic nitrogens is 3. The van der Waals surface area contributed by atoms with E-state index >= 15 is 0 Å². The minimum absolute atomic E-state index is 0.649. The zero-order valence-corrected chi connectivity index (χ0v) is 21.2. The van der Waals surface area contributed by atoms with Gasteiger partial charge in [-0.25, -0.2) is 15.0 Å². The molecule has 0 N–H and O–H groups in total. The summed E-state index contributed by atoms with van der Waals surface area (Å²) in [6, 6.07) is 26.9. The Morgan fingerprint density at radius 1 is 0.658 bits per heavy atom. The maximum atomic E-state index is 4.94. The van der Waals surface area contributed by atoms with E-state index < -0.39 is 0 Å². The molecule has 0 bridgehead atoms. The van der Waals surface area contributed by atoms with E-state index in [4.69, 9.17) is 15.0 Å². The van der Waals surface area contributed by atoms with E-state index in [0.717, 1.165) is 53.0 Å². The van der Waals surface area contributed by atoms with Gasteiger partial charge in [-0.05, 0) is 49.1 Å². The van der Waals surface area contributed by atoms with Gasteiger partial charge in [-0.1, -0.05) is 104 Å². The summed E-state index contributed by atoms with van der Waals surface area (Å²) in [6.45, 7) is 4.39. The van der Waals surface area contributed by atoms with Crippen molar-refractivity contribution < 1.29 is 0 Å². The third kappa shape index (κ3) is 4.89. The third-order valence-corrected chi connectivity index (χ3v) is 6.68. The van der Waals surface area contributed by atoms with Crippen LogP contribution in [0.25, 0.3) is 28.3 Å². The molecule has 2 heterocycles. The van der Waals surface area contributed by atoms with E-state index in [0.29, 0.717) is 17.5 Å². The quantitative estimate of drug-likeness (QED) is 0.288. The number of anilines is 2. The molecule has 0 amide bonds. The molecule has 4 nitrogen and oxygen atoms in total. The second-order valence-electron chi connectivity index (χ2n) is 9.31. The van der Waals surface area contributed by atoms with Gasteiger partial charge in [0.2, 0.25) is 0 Å². The lowest BCUT2D eigenvalue weighted by Crippen LogP contribution is -2.16. The first-order chi connectivity index (χ1) is 18.8. The number of allylic oxidation sites excluding steroid dienone is 8. The molecule has 0 radical (unpaired) electrons. The fraction of sp³-hybridized carbons (Fsp3) is 0.0882. The Kier molecular flexibility index (Phi) is 6.60. The minimum Gasteiger partial charge on any atom is -0.311 e. The number of hydrogen-bond donors (Lipinski definition) is 0. The van der Waals surface area contributed by atoms with E-state index in [-0.39, 0.29) is 0 Å². The minimum atomic E-state index is 0.649. The number of fused-ring (bicyclic) bond motifs is 1. The summed E-state index contributed by atoms with van der Waals surface area (Å²) in [4.78, 5) is 16.9. The average molecular weight is 493 g/mol. The number of nitrogens with zero attached hydrogens (tertiary/aromatic N) is 4. The smallest absolute Gasteiger partial charge is 0.164 e. The summed E-state index contributed by atoms with van der Waals surface area (Å²) in [6.07, 6.45) is 17.7. The standard InChI is InChI=1S/C34H28N4/c1-25-14-5-2-6-15-26-16-11-12-23-31(26)38(25)30-22-13-21-29(24-30)34-36-32(27-17-7-3-8-18-27)35-33(37-34)28-19-9-4-10-20-28/h2-3,5-9,11-14,16-24H,1,4,10,15H2/b6-2-,14-5-. The average Bonchev–Trinajstić information content (AvgIpc) is 3.06. The van der Waals surface area contributed by atoms with Gasteiger partial charge in [-0.2, -0.15) is 0 Å². The van der Waals surface area contributed by atoms with Gasteiger partial charge in [-0.15, -0.1) is 0 Å². The Labute approximate surface area is 223 Å². The topological polar surface area (TPSA) is 41.9 Å². The molecule has 4 aromatic rings. The molecule has 3 aromatic carbocycles. The van der Waals surface area contributed by atoms with Crippen LogP contribution in [0.15, 0.2) is 134 Å². The first kappa shape index (κ1) is 23.6. The number of hydrogen-bond acceptors (Lipinski definition) is 4. The monoisotopic (exact) mass is 492 g/mol. The van der Waals surface area contributed by atoms with Crippen LogP contribution in [0.2, 0.25) is 0 Å². The summed E-state index contributed by atoms with van der Waals surface area (Å²) < 4.78 is 0. The zero-order chi connectivity index (χ0) is 25.7. The van der Waals surface area contributed by atoms with Crippen LogP contribution in [0.3, 0.4) is 0 Å². The highest BCUT2D eigenvalue weighted by Gasteiger charge is 2.18. The Morgan fingerprint density at radius 3 is 2.26 bits per heavy atom. The first-order valence-corrected chi connectivity index (χ1v) is 13.0. The van der Waals surface area contributed by atoms with Crippen molar-refractivity contribution in [3.63, 3.8) is 0 Å². The van der Waals surface area contributed by atoms with Crippen molar-refractivity contribution in [2.45, 2.75) is 19.3 Å². The maximum Gasteiger partial charge on any atom is 0.164 e. The fourth-order valence-corrected chi connectivity index (χ4v) is 4.79. The number of benzene rings is 3. The largest absolute Gasteiger partial charge is 0.311 e. The van der Waals surface area contributed by atoms with Gasteiger partial charge >= 0.3 is 0 Å². The number of rotatable bonds is 4. The fourth-order valence-electron chi connectivity index (χ4n) is 4.79. The third-order valence-electron chi connectivity index (χ3n) is 6.68. The SMILES string of the molecule is C=C1/C=C\C=C/Cc2ccccc2N1c1cccc(-c2nc(C3=CCCC=C3)nc(-c3ccccc3)n2)c1. The lowest BCUT2D eigenvalue weighted by atomic mass is 10.1. The van der Waals surface area contributed by atoms with Gasteiger partial charge in [0.1, 0.15) is 0 Å². The Morgan fingerprint density at radius 2 is 1.42 bits per heavy atom. The van der Waals surface area contributed by atoms with Crippen LogP contribution in [0, 0.1) is 0 Å². The molecule has 0 unspecified atom stereocenters. The molecule has 0 atom stereocenters. The molecule has 4 heteroatoms. The second-order valence-corrected chi connectivity index (χ2v) is 9.31. The van der Waals surface area contributed by atoms with Crippen molar-refractivity contribution in [3.8, 4) is 22.8 Å². The predicted octanol–water partition coefficient (Wildman–Crippen LogP) is 8.26. The lowest BCUT2D eigenvalue weighted by Gasteiger charge is -2.27. The highest BCUT2D eigenvalue weighted by Crippen LogP contribution is 2.35. The molecule has 2 aliphatic rings. The van der Waals surface area contributed by atoms with E-state index in [9.17, 15) is 0 Å². The lowest BCUT2D eigenvalue weighted by molar-refractivity contribution is 1.01. The van der Waals surface area contributed by atoms with Gasteiger partial charge in [0, 0.05) is 33.8 Å². The molecule has 0 saturated heterocycles. The van der Waals surface area contributed by atoms with Crippen LogP contribution in [-0.2, 0) is 6.42 Å². The van der Waals surface area contributed by atoms with Crippen molar-refractivity contribution in [1.82, 2.24) is 15.0 Å². The Balaban J connectivity index is 1.48. The second kappa shape index (κ2) is 10.7. The molecule has 0 saturated carbocycles. The van der Waals surface area contributed by atoms with Crippen LogP contribution in [-0.4, -0.2) is 15.0 Å². The van der Waals surface area contributed by atoms with E-state index in [1.54, 1.807) is 0 Å². The molecule has 1 aromatic heterocycles. The van der Waals surface area contributed by atoms with Crippen molar-refractivity contribution in [2.75, 3.05) is 4.90 Å². The molecule has 0 fully saturated rings. The Hall–Kier alpha value is -4.83. The molecule has 38 heavy (non-hydrogen) atoms. The van der Waals surface area contributed by atoms with E-state index in [2.05, 4.69) is 90.4 Å². The van der Waals surface area contributed by atoms with Crippen LogP contribution >= 0.6 is 0 Å². The summed E-state index contributed by atoms with van der Waals surface area (Å²) in [5, 5.41) is 0. The molecular weight excluding hydrogens is 464 g/mol. The van der Waals surface area contributed by atoms with Gasteiger partial charge in [0.15, 0.2) is 17.5 Å². The maximum absolute atomic E-state index is 4.94. The van der Waals surface area contributed by atoms with Crippen LogP contribution in [0.4, 0.5) is 11.4 Å². The highest BCUT2D eigenvalue weighted by molar-refractivity contribution is 5.77. The van der Waals surface area contributed by atoms with E-state index in [1.165, 1.54) is 5.56 Å². The Bertz CT molecular complexity index is 1610. The molecular formula is C34H28N4. The molecule has 184 valence electrons. The van der Waals surface area contributed by atoms with E-state index in [1.807, 2.05) is 42.5 Å². The van der Waals surface area contributed by atoms with Crippen molar-refractivity contribution in [3.05, 3.63) is 145 Å². The predicted molar refractivity (Wildman–Crippen MR) is 157 cm³/mol. The van der Waals surface area contributed by atoms with Crippen molar-refractivity contribution in [1.29, 1.82) is 0 Å². The summed E-state index contributed by atoms with van der Waals surface area (Å²) >= 11 is 0. The highest BCUT2D eigenvalue weighted by atomic mass is 15.1. The molecule has 6 rings (SSSR count). The van der Waals surface area contributed by atoms with Gasteiger partial charge < -0.3 is 4.90 Å². The zero-order valence-electron chi connectivity index (χ0n) is 21.2. The summed E-state index contributed by atoms with van der Waals surface area (Å²) in [5.74, 6) is 2.01. The summed E-state index contributed by atoms with van der Waals surface area (Å²) in [5.41, 5.74) is 7.18. The first-order valence-electron chi connectivity index (χ1n) is 13.0. The molecule has 1 aliphatic heterocycles. The molecule has 1 aliphatic carbocycles. The number of para-hydroxylation sites is 1. The van der Waals surface area contributed by atoms with Crippen molar-refractivity contribution in [2.24, 2.45) is 0 Å². The van der Waals surface area contributed by atoms with Gasteiger partial charge in [0.05, 0.1) is 0 Å². The van der Waals surface area contributed by atoms with Gasteiger partial charge in [0.25, 0.3) is 0 Å². The van der Waals surface area contributed by atoms with Crippen LogP contribution in [0.5, 0.6) is 0 Å². The molecule has 0 spiro atoms. The normalized spacial score (nSPS) is 16.6. The van der Waals surface area contributed by atoms with Crippen LogP contribution in [0.1, 0.15) is 24.2 Å². The summed E-state index contributed by atoms with van der Waals surface area (Å²) in [7, 11) is 0. The van der Waals surface area contributed by atoms with Crippen molar-refractivity contribution >= 4 is 16.9 Å². The van der Waals surface area contributed by atoms with Crippen LogP contribution < -0.4 is 4.90 Å².